The number of rotatable bonds is 2. The quantitative estimate of drug-likeness (QED) is 0.905. The molecule has 1 aromatic heterocycles. The molecule has 106 valence electrons. The Morgan fingerprint density at radius 1 is 1.40 bits per heavy atom. The van der Waals surface area contributed by atoms with Crippen molar-refractivity contribution in [2.24, 2.45) is 0 Å². The van der Waals surface area contributed by atoms with E-state index in [0.717, 1.165) is 11.1 Å². The minimum atomic E-state index is -2.97. The van der Waals surface area contributed by atoms with Crippen LogP contribution in [0.1, 0.15) is 23.7 Å². The lowest BCUT2D eigenvalue weighted by Gasteiger charge is -2.01. The van der Waals surface area contributed by atoms with Gasteiger partial charge in [-0.15, -0.1) is 0 Å². The van der Waals surface area contributed by atoms with Crippen LogP contribution in [-0.4, -0.2) is 35.2 Å². The van der Waals surface area contributed by atoms with E-state index in [2.05, 4.69) is 10.1 Å². The molecule has 20 heavy (non-hydrogen) atoms. The number of sulfone groups is 1. The summed E-state index contributed by atoms with van der Waals surface area (Å²) in [6.45, 7) is 1.83. The first kappa shape index (κ1) is 13.1. The third kappa shape index (κ3) is 2.40. The Labute approximate surface area is 116 Å². The Balaban J connectivity index is 1.91. The number of phenols is 1. The molecule has 1 aliphatic heterocycles. The van der Waals surface area contributed by atoms with Gasteiger partial charge >= 0.3 is 0 Å². The van der Waals surface area contributed by atoms with Crippen molar-refractivity contribution in [1.82, 2.24) is 10.1 Å². The largest absolute Gasteiger partial charge is 0.508 e. The fourth-order valence-corrected chi connectivity index (χ4v) is 4.14. The summed E-state index contributed by atoms with van der Waals surface area (Å²) in [5.41, 5.74) is 1.56. The summed E-state index contributed by atoms with van der Waals surface area (Å²) in [7, 11) is -2.97. The first-order valence-electron chi connectivity index (χ1n) is 6.29. The molecule has 1 aromatic carbocycles. The molecule has 6 nitrogen and oxygen atoms in total. The van der Waals surface area contributed by atoms with Gasteiger partial charge in [0.05, 0.1) is 11.5 Å². The lowest BCUT2D eigenvalue weighted by Crippen LogP contribution is -2.05. The number of phenolic OH excluding ortho intramolecular Hbond substituents is 1. The fraction of sp³-hybridized carbons (Fsp3) is 0.385. The van der Waals surface area contributed by atoms with Crippen LogP contribution in [0.25, 0.3) is 11.5 Å². The third-order valence-electron chi connectivity index (χ3n) is 3.48. The van der Waals surface area contributed by atoms with E-state index in [0.29, 0.717) is 18.1 Å². The Morgan fingerprint density at radius 2 is 2.20 bits per heavy atom. The molecule has 2 aromatic rings. The number of benzene rings is 1. The van der Waals surface area contributed by atoms with E-state index < -0.39 is 9.84 Å². The predicted octanol–water partition coefficient (Wildman–Crippen LogP) is 1.65. The lowest BCUT2D eigenvalue weighted by molar-refractivity contribution is 0.417. The van der Waals surface area contributed by atoms with Gasteiger partial charge in [-0.05, 0) is 37.1 Å². The molecule has 1 aliphatic rings. The van der Waals surface area contributed by atoms with Gasteiger partial charge in [0.25, 0.3) is 5.89 Å². The van der Waals surface area contributed by atoms with Crippen molar-refractivity contribution >= 4 is 9.84 Å². The lowest BCUT2D eigenvalue weighted by atomic mass is 10.1. The second kappa shape index (κ2) is 4.59. The maximum atomic E-state index is 11.5. The number of hydrogen-bond acceptors (Lipinski definition) is 6. The Hall–Kier alpha value is -1.89. The van der Waals surface area contributed by atoms with Gasteiger partial charge in [-0.2, -0.15) is 4.98 Å². The van der Waals surface area contributed by atoms with Crippen LogP contribution in [0.15, 0.2) is 22.7 Å². The summed E-state index contributed by atoms with van der Waals surface area (Å²) in [4.78, 5) is 4.29. The highest BCUT2D eigenvalue weighted by Crippen LogP contribution is 2.30. The molecule has 2 heterocycles. The van der Waals surface area contributed by atoms with Crippen LogP contribution in [0.4, 0.5) is 0 Å². The molecule has 0 radical (unpaired) electrons. The van der Waals surface area contributed by atoms with E-state index in [-0.39, 0.29) is 23.2 Å². The Bertz CT molecular complexity index is 751. The monoisotopic (exact) mass is 294 g/mol. The molecule has 0 aliphatic carbocycles. The van der Waals surface area contributed by atoms with E-state index in [4.69, 9.17) is 4.52 Å². The van der Waals surface area contributed by atoms with Gasteiger partial charge in [0.1, 0.15) is 5.75 Å². The first-order chi connectivity index (χ1) is 9.44. The van der Waals surface area contributed by atoms with Crippen molar-refractivity contribution in [3.8, 4) is 17.2 Å². The third-order valence-corrected chi connectivity index (χ3v) is 5.25. The number of hydrogen-bond donors (Lipinski definition) is 1. The standard InChI is InChI=1S/C13H14N2O4S/c1-8-6-10(16)2-3-11(8)13-14-12(15-19-13)9-4-5-20(17,18)7-9/h2-3,6,9,16H,4-5,7H2,1H3. The van der Waals surface area contributed by atoms with Crippen LogP contribution >= 0.6 is 0 Å². The smallest absolute Gasteiger partial charge is 0.258 e. The highest BCUT2D eigenvalue weighted by molar-refractivity contribution is 7.91. The molecule has 0 saturated carbocycles. The molecule has 0 amide bonds. The summed E-state index contributed by atoms with van der Waals surface area (Å²) in [5.74, 6) is 1.04. The van der Waals surface area contributed by atoms with E-state index in [1.807, 2.05) is 6.92 Å². The molecule has 1 N–H and O–H groups in total. The van der Waals surface area contributed by atoms with E-state index in [1.54, 1.807) is 18.2 Å². The van der Waals surface area contributed by atoms with Gasteiger partial charge in [-0.3, -0.25) is 0 Å². The zero-order valence-electron chi connectivity index (χ0n) is 10.9. The summed E-state index contributed by atoms with van der Waals surface area (Å²) in [6.07, 6.45) is 0.538. The molecule has 0 bridgehead atoms. The number of nitrogens with zero attached hydrogens (tertiary/aromatic N) is 2. The molecule has 7 heteroatoms. The van der Waals surface area contributed by atoms with Crippen molar-refractivity contribution in [2.45, 2.75) is 19.3 Å². The molecule has 1 fully saturated rings. The second-order valence-corrected chi connectivity index (χ2v) is 7.29. The number of aromatic nitrogens is 2. The Kier molecular flexibility index (Phi) is 3.01. The van der Waals surface area contributed by atoms with Crippen LogP contribution in [0, 0.1) is 6.92 Å². The van der Waals surface area contributed by atoms with Gasteiger partial charge < -0.3 is 9.63 Å². The summed E-state index contributed by atoms with van der Waals surface area (Å²) < 4.78 is 28.2. The predicted molar refractivity (Wildman–Crippen MR) is 72.1 cm³/mol. The molecular weight excluding hydrogens is 280 g/mol. The van der Waals surface area contributed by atoms with Crippen LogP contribution in [0.2, 0.25) is 0 Å². The van der Waals surface area contributed by atoms with Crippen molar-refractivity contribution < 1.29 is 18.0 Å². The summed E-state index contributed by atoms with van der Waals surface area (Å²) in [5, 5.41) is 13.3. The maximum Gasteiger partial charge on any atom is 0.258 e. The average molecular weight is 294 g/mol. The molecule has 1 unspecified atom stereocenters. The SMILES string of the molecule is Cc1cc(O)ccc1-c1nc(C2CCS(=O)(=O)C2)no1. The van der Waals surface area contributed by atoms with E-state index in [9.17, 15) is 13.5 Å². The summed E-state index contributed by atoms with van der Waals surface area (Å²) in [6, 6.07) is 4.86. The van der Waals surface area contributed by atoms with Gasteiger partial charge in [0, 0.05) is 11.5 Å². The van der Waals surface area contributed by atoms with E-state index >= 15 is 0 Å². The highest BCUT2D eigenvalue weighted by Gasteiger charge is 2.32. The van der Waals surface area contributed by atoms with Crippen LogP contribution in [0.3, 0.4) is 0 Å². The first-order valence-corrected chi connectivity index (χ1v) is 8.11. The normalized spacial score (nSPS) is 21.1. The summed E-state index contributed by atoms with van der Waals surface area (Å²) >= 11 is 0. The van der Waals surface area contributed by atoms with Crippen LogP contribution < -0.4 is 0 Å². The van der Waals surface area contributed by atoms with Gasteiger partial charge in [0.2, 0.25) is 0 Å². The number of aromatic hydroxyl groups is 1. The van der Waals surface area contributed by atoms with Gasteiger partial charge in [-0.1, -0.05) is 5.16 Å². The van der Waals surface area contributed by atoms with Crippen LogP contribution in [-0.2, 0) is 9.84 Å². The van der Waals surface area contributed by atoms with Crippen molar-refractivity contribution in [3.63, 3.8) is 0 Å². The molecular formula is C13H14N2O4S. The molecule has 3 rings (SSSR count). The zero-order valence-corrected chi connectivity index (χ0v) is 11.7. The average Bonchev–Trinajstić information content (AvgIpc) is 2.95. The molecule has 1 atom stereocenters. The minimum absolute atomic E-state index is 0.0839. The van der Waals surface area contributed by atoms with Gasteiger partial charge in [0.15, 0.2) is 15.7 Å². The topological polar surface area (TPSA) is 93.3 Å². The molecule has 1 saturated heterocycles. The minimum Gasteiger partial charge on any atom is -0.508 e. The maximum absolute atomic E-state index is 11.5. The van der Waals surface area contributed by atoms with Crippen LogP contribution in [0.5, 0.6) is 5.75 Å². The highest BCUT2D eigenvalue weighted by atomic mass is 32.2. The molecule has 0 spiro atoms. The van der Waals surface area contributed by atoms with Crippen molar-refractivity contribution in [2.75, 3.05) is 11.5 Å². The Morgan fingerprint density at radius 3 is 2.85 bits per heavy atom. The van der Waals surface area contributed by atoms with Gasteiger partial charge in [-0.25, -0.2) is 8.42 Å². The zero-order chi connectivity index (χ0) is 14.3. The van der Waals surface area contributed by atoms with Crippen molar-refractivity contribution in [1.29, 1.82) is 0 Å². The number of aryl methyl sites for hydroxylation is 1. The van der Waals surface area contributed by atoms with E-state index in [1.165, 1.54) is 0 Å². The van der Waals surface area contributed by atoms with Crippen molar-refractivity contribution in [3.05, 3.63) is 29.6 Å². The second-order valence-electron chi connectivity index (χ2n) is 5.06. The fourth-order valence-electron chi connectivity index (χ4n) is 2.40.